The number of carbonyl (C=O) groups excluding carboxylic acids is 2. The van der Waals surface area contributed by atoms with Crippen LogP contribution in [-0.4, -0.2) is 39.0 Å². The Labute approximate surface area is 116 Å². The first kappa shape index (κ1) is 15.4. The first-order valence-corrected chi connectivity index (χ1v) is 6.52. The van der Waals surface area contributed by atoms with Crippen LogP contribution in [0.2, 0.25) is 0 Å². The number of thioether (sulfide) groups is 1. The molecule has 1 aromatic rings. The summed E-state index contributed by atoms with van der Waals surface area (Å²) >= 11 is 1.30. The van der Waals surface area contributed by atoms with Crippen LogP contribution in [0.1, 0.15) is 5.56 Å². The topological polar surface area (TPSA) is 61.8 Å². The average molecular weight is 284 g/mol. The summed E-state index contributed by atoms with van der Waals surface area (Å²) in [6.45, 7) is 0. The zero-order valence-electron chi connectivity index (χ0n) is 11.1. The first-order chi connectivity index (χ1) is 9.10. The second kappa shape index (κ2) is 7.68. The molecule has 0 aliphatic rings. The van der Waals surface area contributed by atoms with Crippen molar-refractivity contribution in [3.63, 3.8) is 0 Å². The number of hydrogen-bond donors (Lipinski definition) is 0. The second-order valence-electron chi connectivity index (χ2n) is 3.59. The quantitative estimate of drug-likeness (QED) is 0.585. The third-order valence-corrected chi connectivity index (χ3v) is 3.48. The molecule has 0 fully saturated rings. The van der Waals surface area contributed by atoms with Gasteiger partial charge in [-0.2, -0.15) is 0 Å². The fourth-order valence-electron chi connectivity index (χ4n) is 1.37. The Balaban J connectivity index is 2.88. The number of methoxy groups -OCH3 is 3. The van der Waals surface area contributed by atoms with Crippen LogP contribution in [0.15, 0.2) is 23.1 Å². The highest BCUT2D eigenvalue weighted by atomic mass is 32.2. The third kappa shape index (κ3) is 4.82. The molecule has 0 aromatic heterocycles. The van der Waals surface area contributed by atoms with Crippen LogP contribution in [0.5, 0.6) is 5.75 Å². The van der Waals surface area contributed by atoms with Gasteiger partial charge in [-0.3, -0.25) is 9.59 Å². The number of rotatable bonds is 6. The highest BCUT2D eigenvalue weighted by Crippen LogP contribution is 2.28. The zero-order chi connectivity index (χ0) is 14.3. The number of esters is 2. The average Bonchev–Trinajstić information content (AvgIpc) is 2.45. The van der Waals surface area contributed by atoms with Crippen LogP contribution in [0, 0.1) is 0 Å². The van der Waals surface area contributed by atoms with Crippen LogP contribution in [-0.2, 0) is 25.5 Å². The normalized spacial score (nSPS) is 9.84. The third-order valence-electron chi connectivity index (χ3n) is 2.41. The molecule has 104 valence electrons. The van der Waals surface area contributed by atoms with Gasteiger partial charge in [-0.25, -0.2) is 0 Å². The summed E-state index contributed by atoms with van der Waals surface area (Å²) in [6.07, 6.45) is 0.157. The molecule has 0 spiro atoms. The summed E-state index contributed by atoms with van der Waals surface area (Å²) in [4.78, 5) is 23.3. The summed E-state index contributed by atoms with van der Waals surface area (Å²) < 4.78 is 14.4. The SMILES string of the molecule is COC(=O)CSc1cc(OC)ccc1CC(=O)OC. The van der Waals surface area contributed by atoms with Crippen LogP contribution >= 0.6 is 11.8 Å². The van der Waals surface area contributed by atoms with E-state index in [1.165, 1.54) is 26.0 Å². The summed E-state index contributed by atoms with van der Waals surface area (Å²) in [5, 5.41) is 0. The second-order valence-corrected chi connectivity index (χ2v) is 4.61. The Hall–Kier alpha value is -1.69. The van der Waals surface area contributed by atoms with Crippen molar-refractivity contribution < 1.29 is 23.8 Å². The van der Waals surface area contributed by atoms with E-state index in [2.05, 4.69) is 9.47 Å². The van der Waals surface area contributed by atoms with Crippen LogP contribution in [0.25, 0.3) is 0 Å². The van der Waals surface area contributed by atoms with Gasteiger partial charge >= 0.3 is 11.9 Å². The lowest BCUT2D eigenvalue weighted by molar-refractivity contribution is -0.140. The van der Waals surface area contributed by atoms with Gasteiger partial charge in [0.25, 0.3) is 0 Å². The van der Waals surface area contributed by atoms with E-state index in [0.717, 1.165) is 10.5 Å². The van der Waals surface area contributed by atoms with Crippen LogP contribution in [0.3, 0.4) is 0 Å². The van der Waals surface area contributed by atoms with Gasteiger partial charge in [0.05, 0.1) is 33.5 Å². The van der Waals surface area contributed by atoms with Gasteiger partial charge in [0, 0.05) is 4.90 Å². The van der Waals surface area contributed by atoms with Crippen molar-refractivity contribution in [2.45, 2.75) is 11.3 Å². The Kier molecular flexibility index (Phi) is 6.21. The number of benzene rings is 1. The fraction of sp³-hybridized carbons (Fsp3) is 0.385. The Morgan fingerprint density at radius 3 is 2.37 bits per heavy atom. The first-order valence-electron chi connectivity index (χ1n) is 5.54. The van der Waals surface area contributed by atoms with Gasteiger partial charge in [0.1, 0.15) is 5.75 Å². The van der Waals surface area contributed by atoms with Crippen molar-refractivity contribution in [3.8, 4) is 5.75 Å². The molecule has 0 saturated heterocycles. The lowest BCUT2D eigenvalue weighted by atomic mass is 10.1. The molecule has 5 nitrogen and oxygen atoms in total. The number of hydrogen-bond acceptors (Lipinski definition) is 6. The monoisotopic (exact) mass is 284 g/mol. The number of ether oxygens (including phenoxy) is 3. The molecule has 0 unspecified atom stereocenters. The molecule has 0 heterocycles. The maximum absolute atomic E-state index is 11.3. The van der Waals surface area contributed by atoms with Gasteiger partial charge in [0.15, 0.2) is 0 Å². The molecule has 6 heteroatoms. The Bertz CT molecular complexity index is 458. The summed E-state index contributed by atoms with van der Waals surface area (Å²) in [5.74, 6) is 0.195. The molecule has 0 N–H and O–H groups in total. The van der Waals surface area contributed by atoms with Crippen molar-refractivity contribution in [1.29, 1.82) is 0 Å². The lowest BCUT2D eigenvalue weighted by Crippen LogP contribution is -2.07. The van der Waals surface area contributed by atoms with Crippen molar-refractivity contribution in [3.05, 3.63) is 23.8 Å². The predicted molar refractivity (Wildman–Crippen MR) is 71.5 cm³/mol. The molecule has 0 atom stereocenters. The fourth-order valence-corrected chi connectivity index (χ4v) is 2.28. The van der Waals surface area contributed by atoms with Crippen molar-refractivity contribution in [2.24, 2.45) is 0 Å². The molecular formula is C13H16O5S. The van der Waals surface area contributed by atoms with E-state index < -0.39 is 0 Å². The highest BCUT2D eigenvalue weighted by molar-refractivity contribution is 8.00. The minimum atomic E-state index is -0.329. The largest absolute Gasteiger partial charge is 0.497 e. The van der Waals surface area contributed by atoms with E-state index in [1.54, 1.807) is 25.3 Å². The molecular weight excluding hydrogens is 268 g/mol. The molecule has 0 radical (unpaired) electrons. The van der Waals surface area contributed by atoms with E-state index in [4.69, 9.17) is 4.74 Å². The molecule has 0 saturated carbocycles. The molecule has 1 aromatic carbocycles. The molecule has 0 bridgehead atoms. The van der Waals surface area contributed by atoms with E-state index in [9.17, 15) is 9.59 Å². The Morgan fingerprint density at radius 2 is 1.79 bits per heavy atom. The van der Waals surface area contributed by atoms with E-state index in [0.29, 0.717) is 5.75 Å². The summed E-state index contributed by atoms with van der Waals surface area (Å²) in [5.41, 5.74) is 0.793. The highest BCUT2D eigenvalue weighted by Gasteiger charge is 2.12. The minimum absolute atomic E-state index is 0.157. The summed E-state index contributed by atoms with van der Waals surface area (Å²) in [7, 11) is 4.24. The van der Waals surface area contributed by atoms with Gasteiger partial charge in [-0.05, 0) is 17.7 Å². The summed E-state index contributed by atoms with van der Waals surface area (Å²) in [6, 6.07) is 5.34. The van der Waals surface area contributed by atoms with Gasteiger partial charge < -0.3 is 14.2 Å². The molecule has 0 aliphatic carbocycles. The Morgan fingerprint density at radius 1 is 1.11 bits per heavy atom. The van der Waals surface area contributed by atoms with Gasteiger partial charge in [-0.15, -0.1) is 11.8 Å². The maximum Gasteiger partial charge on any atom is 0.315 e. The molecule has 19 heavy (non-hydrogen) atoms. The zero-order valence-corrected chi connectivity index (χ0v) is 11.9. The number of carbonyl (C=O) groups is 2. The van der Waals surface area contributed by atoms with Gasteiger partial charge in [-0.1, -0.05) is 6.07 Å². The molecule has 0 amide bonds. The van der Waals surface area contributed by atoms with Crippen LogP contribution < -0.4 is 4.74 Å². The minimum Gasteiger partial charge on any atom is -0.497 e. The maximum atomic E-state index is 11.3. The van der Waals surface area contributed by atoms with Gasteiger partial charge in [0.2, 0.25) is 0 Å². The smallest absolute Gasteiger partial charge is 0.315 e. The van der Waals surface area contributed by atoms with Crippen molar-refractivity contribution in [1.82, 2.24) is 0 Å². The predicted octanol–water partition coefficient (Wildman–Crippen LogP) is 1.68. The van der Waals surface area contributed by atoms with Crippen molar-refractivity contribution >= 4 is 23.7 Å². The van der Waals surface area contributed by atoms with E-state index >= 15 is 0 Å². The van der Waals surface area contributed by atoms with E-state index in [1.807, 2.05) is 0 Å². The lowest BCUT2D eigenvalue weighted by Gasteiger charge is -2.10. The standard InChI is InChI=1S/C13H16O5S/c1-16-10-5-4-9(6-12(14)17-2)11(7-10)19-8-13(15)18-3/h4-5,7H,6,8H2,1-3H3. The molecule has 1 rings (SSSR count). The van der Waals surface area contributed by atoms with Crippen molar-refractivity contribution in [2.75, 3.05) is 27.1 Å². The molecule has 0 aliphatic heterocycles. The van der Waals surface area contributed by atoms with Crippen LogP contribution in [0.4, 0.5) is 0 Å². The van der Waals surface area contributed by atoms with E-state index in [-0.39, 0.29) is 24.1 Å².